The van der Waals surface area contributed by atoms with Crippen LogP contribution < -0.4 is 4.90 Å². The minimum atomic E-state index is -1.68. The molecule has 0 N–H and O–H groups in total. The zero-order valence-electron chi connectivity index (χ0n) is 20.7. The second-order valence-corrected chi connectivity index (χ2v) is 9.66. The zero-order valence-corrected chi connectivity index (χ0v) is 20.7. The number of hydrogen-bond donors (Lipinski definition) is 0. The Kier molecular flexibility index (Phi) is 6.28. The molecule has 182 valence electrons. The van der Waals surface area contributed by atoms with E-state index in [0.29, 0.717) is 11.1 Å². The summed E-state index contributed by atoms with van der Waals surface area (Å²) in [6.07, 6.45) is 5.30. The van der Waals surface area contributed by atoms with E-state index in [4.69, 9.17) is 0 Å². The monoisotopic (exact) mass is 484 g/mol. The molecular weight excluding hydrogens is 455 g/mol. The van der Waals surface area contributed by atoms with Crippen LogP contribution in [0.2, 0.25) is 0 Å². The number of nitrogens with zero attached hydrogens (tertiary/aromatic N) is 2. The molecule has 6 rings (SSSR count). The van der Waals surface area contributed by atoms with Gasteiger partial charge in [0.2, 0.25) is 0 Å². The molecule has 0 spiro atoms. The van der Waals surface area contributed by atoms with Crippen molar-refractivity contribution >= 4 is 5.69 Å². The Balaban J connectivity index is 1.44. The van der Waals surface area contributed by atoms with Crippen LogP contribution in [0.25, 0.3) is 22.3 Å². The van der Waals surface area contributed by atoms with Gasteiger partial charge < -0.3 is 4.90 Å². The van der Waals surface area contributed by atoms with E-state index >= 15 is 4.39 Å². The van der Waals surface area contributed by atoms with E-state index in [-0.39, 0.29) is 6.04 Å². The van der Waals surface area contributed by atoms with E-state index in [1.807, 2.05) is 97.1 Å². The first kappa shape index (κ1) is 23.2. The van der Waals surface area contributed by atoms with Crippen molar-refractivity contribution in [3.8, 4) is 22.3 Å². The molecule has 1 atom stereocenters. The molecule has 1 aromatic heterocycles. The molecule has 0 amide bonds. The van der Waals surface area contributed by atoms with Gasteiger partial charge in [0.05, 0.1) is 6.04 Å². The quantitative estimate of drug-likeness (QED) is 0.241. The lowest BCUT2D eigenvalue weighted by atomic mass is 9.79. The van der Waals surface area contributed by atoms with Gasteiger partial charge in [0.25, 0.3) is 0 Å². The molecule has 0 unspecified atom stereocenters. The molecule has 5 aromatic rings. The summed E-state index contributed by atoms with van der Waals surface area (Å²) < 4.78 is 17.9. The van der Waals surface area contributed by atoms with Gasteiger partial charge in [-0.05, 0) is 58.4 Å². The molecule has 4 aromatic carbocycles. The van der Waals surface area contributed by atoms with Crippen molar-refractivity contribution in [1.29, 1.82) is 0 Å². The molecule has 2 heterocycles. The van der Waals surface area contributed by atoms with E-state index in [0.717, 1.165) is 47.3 Å². The summed E-state index contributed by atoms with van der Waals surface area (Å²) in [6, 6.07) is 40.2. The number of rotatable bonds is 6. The van der Waals surface area contributed by atoms with Crippen LogP contribution in [0.4, 0.5) is 10.1 Å². The number of anilines is 1. The molecule has 0 aliphatic carbocycles. The van der Waals surface area contributed by atoms with Crippen molar-refractivity contribution < 1.29 is 4.39 Å². The van der Waals surface area contributed by atoms with Gasteiger partial charge in [0, 0.05) is 24.6 Å². The standard InChI is InChI=1S/C34H29FN2/c35-34(33-12-7-25-37(33)32-21-23-36-24-22-32,30-17-13-28(14-18-30)26-8-3-1-4-9-26)31-19-15-29(16-20-31)27-10-5-2-6-11-27/h1-6,8-11,13-24,33H,7,12,25H2/t33-/m0/s1. The van der Waals surface area contributed by atoms with Gasteiger partial charge in [-0.3, -0.25) is 4.98 Å². The van der Waals surface area contributed by atoms with Crippen LogP contribution in [0.15, 0.2) is 134 Å². The van der Waals surface area contributed by atoms with Crippen LogP contribution in [0.1, 0.15) is 24.0 Å². The number of pyridine rings is 1. The molecule has 1 aliphatic rings. The second-order valence-electron chi connectivity index (χ2n) is 9.66. The highest BCUT2D eigenvalue weighted by molar-refractivity contribution is 5.66. The van der Waals surface area contributed by atoms with Gasteiger partial charge in [-0.2, -0.15) is 0 Å². The summed E-state index contributed by atoms with van der Waals surface area (Å²) in [4.78, 5) is 6.40. The summed E-state index contributed by atoms with van der Waals surface area (Å²) in [5, 5.41) is 0. The number of hydrogen-bond acceptors (Lipinski definition) is 2. The largest absolute Gasteiger partial charge is 0.365 e. The Labute approximate surface area is 218 Å². The van der Waals surface area contributed by atoms with Crippen LogP contribution in [0, 0.1) is 0 Å². The van der Waals surface area contributed by atoms with Gasteiger partial charge in [-0.1, -0.05) is 109 Å². The molecule has 37 heavy (non-hydrogen) atoms. The number of benzene rings is 4. The van der Waals surface area contributed by atoms with Crippen molar-refractivity contribution in [2.45, 2.75) is 24.6 Å². The summed E-state index contributed by atoms with van der Waals surface area (Å²) in [5.74, 6) is 0. The lowest BCUT2D eigenvalue weighted by Gasteiger charge is -2.39. The van der Waals surface area contributed by atoms with Crippen molar-refractivity contribution in [1.82, 2.24) is 4.98 Å². The van der Waals surface area contributed by atoms with Crippen molar-refractivity contribution in [2.75, 3.05) is 11.4 Å². The maximum atomic E-state index is 17.9. The lowest BCUT2D eigenvalue weighted by molar-refractivity contribution is 0.177. The van der Waals surface area contributed by atoms with Crippen molar-refractivity contribution in [3.05, 3.63) is 145 Å². The summed E-state index contributed by atoms with van der Waals surface area (Å²) >= 11 is 0. The highest BCUT2D eigenvalue weighted by Gasteiger charge is 2.47. The predicted octanol–water partition coefficient (Wildman–Crippen LogP) is 8.30. The fourth-order valence-electron chi connectivity index (χ4n) is 5.65. The van der Waals surface area contributed by atoms with Gasteiger partial charge >= 0.3 is 0 Å². The Morgan fingerprint density at radius 3 is 1.54 bits per heavy atom. The Hall–Kier alpha value is -4.24. The maximum absolute atomic E-state index is 17.9. The molecule has 1 fully saturated rings. The van der Waals surface area contributed by atoms with Crippen LogP contribution in [-0.2, 0) is 5.67 Å². The highest BCUT2D eigenvalue weighted by Crippen LogP contribution is 2.46. The Bertz CT molecular complexity index is 1350. The average molecular weight is 485 g/mol. The first-order chi connectivity index (χ1) is 18.2. The zero-order chi connectivity index (χ0) is 25.1. The predicted molar refractivity (Wildman–Crippen MR) is 150 cm³/mol. The third-order valence-electron chi connectivity index (χ3n) is 7.53. The van der Waals surface area contributed by atoms with Crippen LogP contribution in [0.5, 0.6) is 0 Å². The Morgan fingerprint density at radius 1 is 0.595 bits per heavy atom. The smallest absolute Gasteiger partial charge is 0.181 e. The summed E-state index contributed by atoms with van der Waals surface area (Å²) in [6.45, 7) is 0.824. The van der Waals surface area contributed by atoms with E-state index in [1.165, 1.54) is 0 Å². The van der Waals surface area contributed by atoms with Gasteiger partial charge in [-0.25, -0.2) is 4.39 Å². The van der Waals surface area contributed by atoms with E-state index in [9.17, 15) is 0 Å². The Morgan fingerprint density at radius 2 is 1.05 bits per heavy atom. The molecule has 0 saturated carbocycles. The maximum Gasteiger partial charge on any atom is 0.181 e. The van der Waals surface area contributed by atoms with Crippen LogP contribution in [-0.4, -0.2) is 17.6 Å². The fourth-order valence-corrected chi connectivity index (χ4v) is 5.65. The van der Waals surface area contributed by atoms with Gasteiger partial charge in [-0.15, -0.1) is 0 Å². The van der Waals surface area contributed by atoms with Crippen LogP contribution >= 0.6 is 0 Å². The normalized spacial score (nSPS) is 15.6. The molecule has 2 nitrogen and oxygen atoms in total. The van der Waals surface area contributed by atoms with Crippen LogP contribution in [0.3, 0.4) is 0 Å². The topological polar surface area (TPSA) is 16.1 Å². The second kappa shape index (κ2) is 10.0. The third kappa shape index (κ3) is 4.42. The first-order valence-electron chi connectivity index (χ1n) is 12.9. The molecule has 1 aliphatic heterocycles. The van der Waals surface area contributed by atoms with Gasteiger partial charge in [0.1, 0.15) is 0 Å². The third-order valence-corrected chi connectivity index (χ3v) is 7.53. The highest BCUT2D eigenvalue weighted by atomic mass is 19.1. The fraction of sp³-hybridized carbons (Fsp3) is 0.147. The molecular formula is C34H29FN2. The van der Waals surface area contributed by atoms with Crippen molar-refractivity contribution in [2.24, 2.45) is 0 Å². The molecule has 1 saturated heterocycles. The van der Waals surface area contributed by atoms with E-state index in [1.54, 1.807) is 12.4 Å². The summed E-state index contributed by atoms with van der Waals surface area (Å²) in [5.41, 5.74) is 5.14. The molecule has 0 radical (unpaired) electrons. The van der Waals surface area contributed by atoms with Gasteiger partial charge in [0.15, 0.2) is 5.67 Å². The molecule has 3 heteroatoms. The van der Waals surface area contributed by atoms with Crippen molar-refractivity contribution in [3.63, 3.8) is 0 Å². The number of halogens is 1. The van der Waals surface area contributed by atoms with E-state index < -0.39 is 5.67 Å². The summed E-state index contributed by atoms with van der Waals surface area (Å²) in [7, 11) is 0. The van der Waals surface area contributed by atoms with E-state index in [2.05, 4.69) is 34.1 Å². The number of alkyl halides is 1. The first-order valence-corrected chi connectivity index (χ1v) is 12.9. The SMILES string of the molecule is FC(c1ccc(-c2ccccc2)cc1)(c1ccc(-c2ccccc2)cc1)[C@@H]1CCCN1c1ccncc1. The average Bonchev–Trinajstić information content (AvgIpc) is 3.49. The number of aromatic nitrogens is 1. The molecule has 0 bridgehead atoms. The minimum Gasteiger partial charge on any atom is -0.365 e. The lowest BCUT2D eigenvalue weighted by Crippen LogP contribution is -2.45. The minimum absolute atomic E-state index is 0.319.